The molecule has 0 aliphatic carbocycles. The molecule has 1 aliphatic heterocycles. The smallest absolute Gasteiger partial charge is 0.329 e. The van der Waals surface area contributed by atoms with Gasteiger partial charge in [0.15, 0.2) is 0 Å². The fraction of sp³-hybridized carbons (Fsp3) is 0.833. The summed E-state index contributed by atoms with van der Waals surface area (Å²) in [6.07, 6.45) is 0.931. The van der Waals surface area contributed by atoms with Crippen molar-refractivity contribution in [3.8, 4) is 0 Å². The summed E-state index contributed by atoms with van der Waals surface area (Å²) < 4.78 is 0. The number of nitrogens with zero attached hydrogens (tertiary/aromatic N) is 3. The van der Waals surface area contributed by atoms with Crippen LogP contribution in [0.4, 0.5) is 4.79 Å². The summed E-state index contributed by atoms with van der Waals surface area (Å²) >= 11 is 0. The van der Waals surface area contributed by atoms with E-state index >= 15 is 0 Å². The maximum atomic E-state index is 12.2. The first-order chi connectivity index (χ1) is 8.17. The molecule has 6 nitrogen and oxygen atoms in total. The van der Waals surface area contributed by atoms with Crippen molar-refractivity contribution < 1.29 is 14.7 Å². The molecule has 1 rings (SSSR count). The number of aliphatic carboxylic acids is 1. The van der Waals surface area contributed by atoms with Crippen LogP contribution >= 0.6 is 0 Å². The van der Waals surface area contributed by atoms with Gasteiger partial charge in [-0.3, -0.25) is 0 Å². The average molecular weight is 257 g/mol. The van der Waals surface area contributed by atoms with Crippen LogP contribution in [-0.4, -0.2) is 77.6 Å². The summed E-state index contributed by atoms with van der Waals surface area (Å²) in [6.45, 7) is 4.41. The molecule has 1 atom stereocenters. The maximum absolute atomic E-state index is 12.2. The van der Waals surface area contributed by atoms with E-state index in [1.807, 2.05) is 14.1 Å². The molecule has 1 N–H and O–H groups in total. The van der Waals surface area contributed by atoms with E-state index in [-0.39, 0.29) is 6.03 Å². The van der Waals surface area contributed by atoms with Gasteiger partial charge in [0.05, 0.1) is 0 Å². The Bertz CT molecular complexity index is 341. The molecule has 1 heterocycles. The Morgan fingerprint density at radius 3 is 2.22 bits per heavy atom. The number of rotatable bonds is 3. The third-order valence-electron chi connectivity index (χ3n) is 3.81. The summed E-state index contributed by atoms with van der Waals surface area (Å²) in [7, 11) is 5.52. The van der Waals surface area contributed by atoms with Crippen LogP contribution in [0.5, 0.6) is 0 Å². The van der Waals surface area contributed by atoms with Gasteiger partial charge in [-0.15, -0.1) is 0 Å². The number of hydrogen-bond donors (Lipinski definition) is 1. The van der Waals surface area contributed by atoms with Crippen molar-refractivity contribution in [1.82, 2.24) is 14.7 Å². The molecule has 104 valence electrons. The maximum Gasteiger partial charge on any atom is 0.329 e. The van der Waals surface area contributed by atoms with Crippen molar-refractivity contribution in [1.29, 1.82) is 0 Å². The Labute approximate surface area is 108 Å². The zero-order valence-electron chi connectivity index (χ0n) is 11.8. The summed E-state index contributed by atoms with van der Waals surface area (Å²) in [6, 6.07) is 0.141. The molecule has 0 aromatic carbocycles. The van der Waals surface area contributed by atoms with Gasteiger partial charge in [-0.05, 0) is 34.4 Å². The van der Waals surface area contributed by atoms with E-state index in [2.05, 4.69) is 4.90 Å². The lowest BCUT2D eigenvalue weighted by molar-refractivity contribution is -0.147. The highest BCUT2D eigenvalue weighted by Crippen LogP contribution is 2.19. The summed E-state index contributed by atoms with van der Waals surface area (Å²) in [5, 5.41) is 9.12. The molecule has 18 heavy (non-hydrogen) atoms. The van der Waals surface area contributed by atoms with Crippen LogP contribution < -0.4 is 0 Å². The van der Waals surface area contributed by atoms with Gasteiger partial charge in [0.25, 0.3) is 0 Å². The Balaban J connectivity index is 2.69. The van der Waals surface area contributed by atoms with Crippen LogP contribution in [0.3, 0.4) is 0 Å². The van der Waals surface area contributed by atoms with Gasteiger partial charge < -0.3 is 19.8 Å². The van der Waals surface area contributed by atoms with Crippen LogP contribution in [0, 0.1) is 0 Å². The predicted molar refractivity (Wildman–Crippen MR) is 68.5 cm³/mol. The molecule has 0 bridgehead atoms. The standard InChI is InChI=1S/C12H23N3O3/c1-12(2,10(16)17)14(5)11(18)15-7-6-9(8-15)13(3)4/h9H,6-8H2,1-5H3,(H,16,17). The second-order valence-corrected chi connectivity index (χ2v) is 5.56. The third-order valence-corrected chi connectivity index (χ3v) is 3.81. The second-order valence-electron chi connectivity index (χ2n) is 5.56. The van der Waals surface area contributed by atoms with Gasteiger partial charge in [-0.25, -0.2) is 9.59 Å². The fourth-order valence-corrected chi connectivity index (χ4v) is 1.93. The molecule has 6 heteroatoms. The van der Waals surface area contributed by atoms with Crippen LogP contribution in [-0.2, 0) is 4.79 Å². The highest BCUT2D eigenvalue weighted by atomic mass is 16.4. The topological polar surface area (TPSA) is 64.1 Å². The van der Waals surface area contributed by atoms with Gasteiger partial charge in [-0.2, -0.15) is 0 Å². The van der Waals surface area contributed by atoms with Crippen molar-refractivity contribution in [3.05, 3.63) is 0 Å². The number of urea groups is 1. The van der Waals surface area contributed by atoms with Gasteiger partial charge >= 0.3 is 12.0 Å². The zero-order chi connectivity index (χ0) is 14.1. The molecule has 2 amide bonds. The van der Waals surface area contributed by atoms with E-state index in [0.29, 0.717) is 19.1 Å². The third kappa shape index (κ3) is 2.75. The molecule has 0 aromatic heterocycles. The SMILES string of the molecule is CN(C)C1CCN(C(=O)N(C)C(C)(C)C(=O)O)C1. The molecule has 1 saturated heterocycles. The molecular weight excluding hydrogens is 234 g/mol. The molecule has 1 aliphatic rings. The Hall–Kier alpha value is -1.30. The summed E-state index contributed by atoms with van der Waals surface area (Å²) in [4.78, 5) is 28.5. The lowest BCUT2D eigenvalue weighted by Crippen LogP contribution is -2.55. The normalized spacial score (nSPS) is 20.3. The monoisotopic (exact) mass is 257 g/mol. The highest BCUT2D eigenvalue weighted by Gasteiger charge is 2.39. The zero-order valence-corrected chi connectivity index (χ0v) is 11.8. The average Bonchev–Trinajstić information content (AvgIpc) is 2.76. The lowest BCUT2D eigenvalue weighted by Gasteiger charge is -2.34. The van der Waals surface area contributed by atoms with Crippen molar-refractivity contribution in [2.75, 3.05) is 34.2 Å². The Morgan fingerprint density at radius 1 is 1.28 bits per heavy atom. The summed E-state index contributed by atoms with van der Waals surface area (Å²) in [5.41, 5.74) is -1.19. The Kier molecular flexibility index (Phi) is 4.21. The van der Waals surface area contributed by atoms with E-state index in [0.717, 1.165) is 6.42 Å². The molecule has 1 unspecified atom stereocenters. The highest BCUT2D eigenvalue weighted by molar-refractivity contribution is 5.85. The predicted octanol–water partition coefficient (Wildman–Crippen LogP) is 0.537. The number of likely N-dealkylation sites (N-methyl/N-ethyl adjacent to an activating group) is 2. The number of hydrogen-bond acceptors (Lipinski definition) is 3. The largest absolute Gasteiger partial charge is 0.480 e. The number of carbonyl (C=O) groups excluding carboxylic acids is 1. The van der Waals surface area contributed by atoms with Crippen LogP contribution in [0.1, 0.15) is 20.3 Å². The van der Waals surface area contributed by atoms with Crippen molar-refractivity contribution in [3.63, 3.8) is 0 Å². The van der Waals surface area contributed by atoms with E-state index in [1.165, 1.54) is 18.7 Å². The fourth-order valence-electron chi connectivity index (χ4n) is 1.93. The molecular formula is C12H23N3O3. The second kappa shape index (κ2) is 5.14. The van der Waals surface area contributed by atoms with Crippen molar-refractivity contribution in [2.24, 2.45) is 0 Å². The minimum atomic E-state index is -1.19. The van der Waals surface area contributed by atoms with E-state index in [4.69, 9.17) is 5.11 Å². The molecule has 0 saturated carbocycles. The van der Waals surface area contributed by atoms with Crippen LogP contribution in [0.25, 0.3) is 0 Å². The quantitative estimate of drug-likeness (QED) is 0.801. The van der Waals surface area contributed by atoms with Crippen LogP contribution in [0.2, 0.25) is 0 Å². The molecule has 1 fully saturated rings. The first-order valence-corrected chi connectivity index (χ1v) is 6.10. The number of likely N-dealkylation sites (tertiary alicyclic amines) is 1. The van der Waals surface area contributed by atoms with Crippen molar-refractivity contribution >= 4 is 12.0 Å². The minimum Gasteiger partial charge on any atom is -0.480 e. The Morgan fingerprint density at radius 2 is 1.83 bits per heavy atom. The number of carbonyl (C=O) groups is 2. The van der Waals surface area contributed by atoms with E-state index in [1.54, 1.807) is 11.9 Å². The first-order valence-electron chi connectivity index (χ1n) is 6.10. The van der Waals surface area contributed by atoms with E-state index < -0.39 is 11.5 Å². The number of carboxylic acids is 1. The minimum absolute atomic E-state index is 0.216. The van der Waals surface area contributed by atoms with Gasteiger partial charge in [0.2, 0.25) is 0 Å². The van der Waals surface area contributed by atoms with Gasteiger partial charge in [0, 0.05) is 26.2 Å². The number of carboxylic acid groups (broad SMARTS) is 1. The number of amides is 2. The van der Waals surface area contributed by atoms with E-state index in [9.17, 15) is 9.59 Å². The van der Waals surface area contributed by atoms with Gasteiger partial charge in [0.1, 0.15) is 5.54 Å². The first kappa shape index (κ1) is 14.8. The van der Waals surface area contributed by atoms with Crippen LogP contribution in [0.15, 0.2) is 0 Å². The lowest BCUT2D eigenvalue weighted by atomic mass is 10.0. The molecule has 0 spiro atoms. The molecule has 0 aromatic rings. The molecule has 0 radical (unpaired) electrons. The van der Waals surface area contributed by atoms with Gasteiger partial charge in [-0.1, -0.05) is 0 Å². The van der Waals surface area contributed by atoms with Crippen molar-refractivity contribution in [2.45, 2.75) is 31.8 Å². The summed E-state index contributed by atoms with van der Waals surface area (Å²) in [5.74, 6) is -0.998.